The Morgan fingerprint density at radius 3 is 2.34 bits per heavy atom. The van der Waals surface area contributed by atoms with Crippen LogP contribution in [0.25, 0.3) is 0 Å². The third-order valence-electron chi connectivity index (χ3n) is 4.50. The number of anilines is 2. The molecule has 0 saturated carbocycles. The van der Waals surface area contributed by atoms with E-state index in [0.29, 0.717) is 11.4 Å². The van der Waals surface area contributed by atoms with E-state index in [1.165, 1.54) is 12.1 Å². The number of phenols is 1. The largest absolute Gasteiger partial charge is 0.507 e. The number of carbonyl (C=O) groups is 3. The van der Waals surface area contributed by atoms with Gasteiger partial charge in [-0.2, -0.15) is 0 Å². The summed E-state index contributed by atoms with van der Waals surface area (Å²) in [6.07, 6.45) is 0. The molecule has 0 heterocycles. The quantitative estimate of drug-likeness (QED) is 0.488. The van der Waals surface area contributed by atoms with Crippen LogP contribution in [0.5, 0.6) is 11.5 Å². The van der Waals surface area contributed by atoms with Crippen molar-refractivity contribution in [1.82, 2.24) is 0 Å². The number of aryl methyl sites for hydroxylation is 1. The Morgan fingerprint density at radius 1 is 0.906 bits per heavy atom. The molecule has 0 fully saturated rings. The molecular weight excluding hydrogens is 412 g/mol. The van der Waals surface area contributed by atoms with Crippen molar-refractivity contribution in [1.29, 1.82) is 0 Å². The predicted octanol–water partition coefficient (Wildman–Crippen LogP) is 3.76. The summed E-state index contributed by atoms with van der Waals surface area (Å²) in [6.45, 7) is 1.18. The smallest absolute Gasteiger partial charge is 0.342 e. The molecule has 2 amide bonds. The second-order valence-corrected chi connectivity index (χ2v) is 6.87. The van der Waals surface area contributed by atoms with Crippen LogP contribution >= 0.6 is 0 Å². The fourth-order valence-electron chi connectivity index (χ4n) is 2.87. The Balaban J connectivity index is 1.63. The van der Waals surface area contributed by atoms with Gasteiger partial charge in [-0.1, -0.05) is 23.8 Å². The van der Waals surface area contributed by atoms with Crippen LogP contribution in [0.3, 0.4) is 0 Å². The van der Waals surface area contributed by atoms with Gasteiger partial charge in [-0.3, -0.25) is 9.59 Å². The molecule has 0 unspecified atom stereocenters. The lowest BCUT2D eigenvalue weighted by Gasteiger charge is -2.12. The maximum atomic E-state index is 12.7. The molecular formula is C24H22N2O6. The average Bonchev–Trinajstić information content (AvgIpc) is 2.80. The summed E-state index contributed by atoms with van der Waals surface area (Å²) in [6, 6.07) is 17.8. The second kappa shape index (κ2) is 10.1. The Kier molecular flexibility index (Phi) is 7.07. The molecule has 0 aliphatic carbocycles. The van der Waals surface area contributed by atoms with Crippen LogP contribution in [0.15, 0.2) is 66.7 Å². The van der Waals surface area contributed by atoms with Gasteiger partial charge in [0, 0.05) is 5.69 Å². The van der Waals surface area contributed by atoms with E-state index in [-0.39, 0.29) is 22.6 Å². The highest BCUT2D eigenvalue weighted by molar-refractivity contribution is 6.10. The first-order valence-electron chi connectivity index (χ1n) is 9.68. The maximum absolute atomic E-state index is 12.7. The summed E-state index contributed by atoms with van der Waals surface area (Å²) in [5, 5.41) is 15.1. The Hall–Kier alpha value is -4.33. The number of para-hydroxylation sites is 1. The van der Waals surface area contributed by atoms with Crippen LogP contribution in [-0.2, 0) is 9.53 Å². The van der Waals surface area contributed by atoms with Crippen molar-refractivity contribution in [3.63, 3.8) is 0 Å². The van der Waals surface area contributed by atoms with Crippen LogP contribution in [0, 0.1) is 6.92 Å². The van der Waals surface area contributed by atoms with Crippen LogP contribution in [-0.4, -0.2) is 36.6 Å². The van der Waals surface area contributed by atoms with Gasteiger partial charge < -0.3 is 25.2 Å². The number of benzene rings is 3. The number of methoxy groups -OCH3 is 1. The van der Waals surface area contributed by atoms with E-state index in [2.05, 4.69) is 10.6 Å². The summed E-state index contributed by atoms with van der Waals surface area (Å²) in [5.74, 6) is -1.46. The summed E-state index contributed by atoms with van der Waals surface area (Å²) in [7, 11) is 1.55. The molecule has 8 nitrogen and oxygen atoms in total. The maximum Gasteiger partial charge on any atom is 0.342 e. The van der Waals surface area contributed by atoms with E-state index in [4.69, 9.17) is 9.47 Å². The zero-order chi connectivity index (χ0) is 23.1. The molecule has 8 heteroatoms. The van der Waals surface area contributed by atoms with Gasteiger partial charge in [0.1, 0.15) is 17.1 Å². The lowest BCUT2D eigenvalue weighted by atomic mass is 10.1. The van der Waals surface area contributed by atoms with Crippen molar-refractivity contribution < 1.29 is 29.0 Å². The van der Waals surface area contributed by atoms with Gasteiger partial charge in [0.05, 0.1) is 18.4 Å². The van der Waals surface area contributed by atoms with Crippen LogP contribution in [0.4, 0.5) is 11.4 Å². The highest BCUT2D eigenvalue weighted by Gasteiger charge is 2.17. The first-order valence-corrected chi connectivity index (χ1v) is 9.68. The van der Waals surface area contributed by atoms with Crippen molar-refractivity contribution in [3.8, 4) is 11.5 Å². The molecule has 3 rings (SSSR count). The molecule has 3 aromatic rings. The minimum Gasteiger partial charge on any atom is -0.507 e. The van der Waals surface area contributed by atoms with E-state index in [1.54, 1.807) is 68.6 Å². The van der Waals surface area contributed by atoms with E-state index < -0.39 is 24.4 Å². The minimum absolute atomic E-state index is 0.0305. The average molecular weight is 434 g/mol. The third kappa shape index (κ3) is 5.63. The molecule has 0 atom stereocenters. The summed E-state index contributed by atoms with van der Waals surface area (Å²) >= 11 is 0. The van der Waals surface area contributed by atoms with Gasteiger partial charge in [-0.05, 0) is 55.5 Å². The summed E-state index contributed by atoms with van der Waals surface area (Å²) in [5.41, 5.74) is 1.79. The second-order valence-electron chi connectivity index (χ2n) is 6.87. The monoisotopic (exact) mass is 434 g/mol. The molecule has 32 heavy (non-hydrogen) atoms. The summed E-state index contributed by atoms with van der Waals surface area (Å²) in [4.78, 5) is 37.2. The molecule has 164 valence electrons. The van der Waals surface area contributed by atoms with Gasteiger partial charge in [0.25, 0.3) is 11.8 Å². The number of hydrogen-bond acceptors (Lipinski definition) is 6. The topological polar surface area (TPSA) is 114 Å². The summed E-state index contributed by atoms with van der Waals surface area (Å²) < 4.78 is 10.1. The van der Waals surface area contributed by atoms with E-state index in [0.717, 1.165) is 5.56 Å². The normalized spacial score (nSPS) is 10.2. The van der Waals surface area contributed by atoms with Crippen LogP contribution in [0.1, 0.15) is 26.3 Å². The first-order chi connectivity index (χ1) is 15.4. The lowest BCUT2D eigenvalue weighted by molar-refractivity contribution is -0.119. The van der Waals surface area contributed by atoms with Crippen LogP contribution in [0.2, 0.25) is 0 Å². The first kappa shape index (κ1) is 22.4. The van der Waals surface area contributed by atoms with Gasteiger partial charge in [0.15, 0.2) is 6.61 Å². The number of esters is 1. The zero-order valence-corrected chi connectivity index (χ0v) is 17.5. The molecule has 0 bridgehead atoms. The Labute approximate surface area is 184 Å². The van der Waals surface area contributed by atoms with Crippen molar-refractivity contribution in [2.75, 3.05) is 24.4 Å². The Morgan fingerprint density at radius 2 is 1.62 bits per heavy atom. The van der Waals surface area contributed by atoms with Crippen molar-refractivity contribution in [2.45, 2.75) is 6.92 Å². The van der Waals surface area contributed by atoms with Crippen molar-refractivity contribution in [3.05, 3.63) is 83.4 Å². The third-order valence-corrected chi connectivity index (χ3v) is 4.50. The number of phenolic OH excluding ortho intramolecular Hbond substituents is 1. The molecule has 0 aromatic heterocycles. The molecule has 3 N–H and O–H groups in total. The van der Waals surface area contributed by atoms with E-state index in [1.807, 2.05) is 0 Å². The minimum atomic E-state index is -0.827. The van der Waals surface area contributed by atoms with E-state index in [9.17, 15) is 19.5 Å². The number of ether oxygens (including phenoxy) is 2. The van der Waals surface area contributed by atoms with Crippen LogP contribution < -0.4 is 15.4 Å². The number of nitrogens with one attached hydrogen (secondary N) is 2. The lowest BCUT2D eigenvalue weighted by Crippen LogP contribution is -2.23. The molecule has 0 radical (unpaired) electrons. The number of aromatic hydroxyl groups is 1. The highest BCUT2D eigenvalue weighted by Crippen LogP contribution is 2.21. The zero-order valence-electron chi connectivity index (χ0n) is 17.5. The molecule has 0 aliphatic rings. The molecule has 0 saturated heterocycles. The Bertz CT molecular complexity index is 1140. The van der Waals surface area contributed by atoms with Crippen molar-refractivity contribution in [2.24, 2.45) is 0 Å². The van der Waals surface area contributed by atoms with Gasteiger partial charge in [-0.15, -0.1) is 0 Å². The molecule has 0 spiro atoms. The van der Waals surface area contributed by atoms with Gasteiger partial charge in [0.2, 0.25) is 0 Å². The number of rotatable bonds is 7. The SMILES string of the molecule is COc1ccc(NC(=O)c2ccccc2NC(=O)COC(=O)c2cc(C)ccc2O)cc1. The highest BCUT2D eigenvalue weighted by atomic mass is 16.5. The fraction of sp³-hybridized carbons (Fsp3) is 0.125. The van der Waals surface area contributed by atoms with E-state index >= 15 is 0 Å². The number of carbonyl (C=O) groups excluding carboxylic acids is 3. The molecule has 3 aromatic carbocycles. The van der Waals surface area contributed by atoms with Gasteiger partial charge in [-0.25, -0.2) is 4.79 Å². The van der Waals surface area contributed by atoms with Gasteiger partial charge >= 0.3 is 5.97 Å². The standard InChI is InChI=1S/C24H22N2O6/c1-15-7-12-21(27)19(13-15)24(30)32-14-22(28)26-20-6-4-3-5-18(20)23(29)25-16-8-10-17(31-2)11-9-16/h3-13,27H,14H2,1-2H3,(H,25,29)(H,26,28). The molecule has 0 aliphatic heterocycles. The number of hydrogen-bond donors (Lipinski definition) is 3. The number of amides is 2. The van der Waals surface area contributed by atoms with Crippen molar-refractivity contribution >= 4 is 29.2 Å². The fourth-order valence-corrected chi connectivity index (χ4v) is 2.87. The predicted molar refractivity (Wildman–Crippen MR) is 119 cm³/mol.